The van der Waals surface area contributed by atoms with Gasteiger partial charge >= 0.3 is 0 Å². The van der Waals surface area contributed by atoms with Crippen molar-refractivity contribution in [2.45, 2.75) is 32.2 Å². The zero-order chi connectivity index (χ0) is 8.27. The Labute approximate surface area is 67.0 Å². The molecule has 0 aliphatic carbocycles. The third-order valence-corrected chi connectivity index (χ3v) is 2.21. The van der Waals surface area contributed by atoms with Crippen molar-refractivity contribution in [1.82, 2.24) is 4.90 Å². The van der Waals surface area contributed by atoms with Crippen molar-refractivity contribution in [2.24, 2.45) is 0 Å². The second kappa shape index (κ2) is 3.72. The molecule has 11 heavy (non-hydrogen) atoms. The zero-order valence-corrected chi connectivity index (χ0v) is 6.92. The Morgan fingerprint density at radius 2 is 2.45 bits per heavy atom. The van der Waals surface area contributed by atoms with Crippen LogP contribution in [0.1, 0.15) is 26.2 Å². The van der Waals surface area contributed by atoms with Crippen LogP contribution in [-0.4, -0.2) is 35.1 Å². The normalized spacial score (nSPS) is 24.2. The number of aliphatic hydroxyl groups excluding tert-OH is 1. The lowest BCUT2D eigenvalue weighted by atomic mass is 10.2. The van der Waals surface area contributed by atoms with Gasteiger partial charge in [-0.25, -0.2) is 0 Å². The number of hydrogen-bond donors (Lipinski definition) is 1. The molecule has 0 aromatic carbocycles. The first-order valence-corrected chi connectivity index (χ1v) is 4.20. The van der Waals surface area contributed by atoms with E-state index in [2.05, 4.69) is 0 Å². The first-order chi connectivity index (χ1) is 5.29. The van der Waals surface area contributed by atoms with Gasteiger partial charge in [0.05, 0.1) is 12.6 Å². The number of hydrogen-bond acceptors (Lipinski definition) is 2. The van der Waals surface area contributed by atoms with E-state index in [0.717, 1.165) is 19.4 Å². The summed E-state index contributed by atoms with van der Waals surface area (Å²) in [4.78, 5) is 13.0. The van der Waals surface area contributed by atoms with Crippen LogP contribution in [0.4, 0.5) is 0 Å². The van der Waals surface area contributed by atoms with Crippen LogP contribution in [0.2, 0.25) is 0 Å². The van der Waals surface area contributed by atoms with E-state index in [1.807, 2.05) is 6.92 Å². The third kappa shape index (κ3) is 1.71. The van der Waals surface area contributed by atoms with Crippen molar-refractivity contribution in [2.75, 3.05) is 13.2 Å². The number of carbonyl (C=O) groups is 1. The first kappa shape index (κ1) is 8.53. The van der Waals surface area contributed by atoms with Gasteiger partial charge in [-0.05, 0) is 12.8 Å². The van der Waals surface area contributed by atoms with Gasteiger partial charge in [0.15, 0.2) is 0 Å². The van der Waals surface area contributed by atoms with Crippen LogP contribution in [0.5, 0.6) is 0 Å². The minimum atomic E-state index is 0.0995. The summed E-state index contributed by atoms with van der Waals surface area (Å²) < 4.78 is 0. The lowest BCUT2D eigenvalue weighted by Crippen LogP contribution is -2.37. The van der Waals surface area contributed by atoms with E-state index in [4.69, 9.17) is 5.11 Å². The Morgan fingerprint density at radius 3 is 3.00 bits per heavy atom. The summed E-state index contributed by atoms with van der Waals surface area (Å²) in [7, 11) is 0. The second-order valence-corrected chi connectivity index (χ2v) is 2.92. The first-order valence-electron chi connectivity index (χ1n) is 4.20. The predicted molar refractivity (Wildman–Crippen MR) is 42.1 cm³/mol. The molecule has 0 aromatic heterocycles. The largest absolute Gasteiger partial charge is 0.394 e. The van der Waals surface area contributed by atoms with Crippen LogP contribution in [0, 0.1) is 0 Å². The van der Waals surface area contributed by atoms with Gasteiger partial charge in [-0.15, -0.1) is 0 Å². The van der Waals surface area contributed by atoms with E-state index in [1.165, 1.54) is 0 Å². The van der Waals surface area contributed by atoms with Crippen LogP contribution in [-0.2, 0) is 4.79 Å². The standard InChI is InChI=1S/C8H15NO2/c1-2-8(11)9-5-3-4-7(9)6-10/h7,10H,2-6H2,1H3. The molecule has 3 nitrogen and oxygen atoms in total. The van der Waals surface area contributed by atoms with Crippen molar-refractivity contribution in [3.05, 3.63) is 0 Å². The third-order valence-electron chi connectivity index (χ3n) is 2.21. The summed E-state index contributed by atoms with van der Waals surface area (Å²) in [5.41, 5.74) is 0. The quantitative estimate of drug-likeness (QED) is 0.629. The molecule has 0 saturated carbocycles. The number of nitrogens with zero attached hydrogens (tertiary/aromatic N) is 1. The van der Waals surface area contributed by atoms with Gasteiger partial charge in [0.2, 0.25) is 5.91 Å². The van der Waals surface area contributed by atoms with E-state index in [1.54, 1.807) is 4.90 Å². The molecule has 1 amide bonds. The number of carbonyl (C=O) groups excluding carboxylic acids is 1. The Hall–Kier alpha value is -0.570. The minimum absolute atomic E-state index is 0.0995. The Morgan fingerprint density at radius 1 is 1.73 bits per heavy atom. The maximum absolute atomic E-state index is 11.2. The van der Waals surface area contributed by atoms with Crippen molar-refractivity contribution < 1.29 is 9.90 Å². The zero-order valence-electron chi connectivity index (χ0n) is 6.92. The van der Waals surface area contributed by atoms with E-state index in [9.17, 15) is 4.79 Å². The molecule has 1 saturated heterocycles. The Kier molecular flexibility index (Phi) is 2.88. The molecule has 1 aliphatic heterocycles. The van der Waals surface area contributed by atoms with Gasteiger partial charge in [0, 0.05) is 13.0 Å². The number of rotatable bonds is 2. The van der Waals surface area contributed by atoms with Gasteiger partial charge in [-0.2, -0.15) is 0 Å². The number of likely N-dealkylation sites (tertiary alicyclic amines) is 1. The molecule has 1 fully saturated rings. The van der Waals surface area contributed by atoms with E-state index in [-0.39, 0.29) is 18.6 Å². The molecular weight excluding hydrogens is 142 g/mol. The molecule has 1 unspecified atom stereocenters. The van der Waals surface area contributed by atoms with Crippen molar-refractivity contribution in [3.63, 3.8) is 0 Å². The lowest BCUT2D eigenvalue weighted by Gasteiger charge is -2.22. The van der Waals surface area contributed by atoms with Gasteiger partial charge in [0.1, 0.15) is 0 Å². The van der Waals surface area contributed by atoms with Gasteiger partial charge in [-0.1, -0.05) is 6.92 Å². The Balaban J connectivity index is 2.49. The number of aliphatic hydroxyl groups is 1. The monoisotopic (exact) mass is 157 g/mol. The van der Waals surface area contributed by atoms with E-state index >= 15 is 0 Å². The highest BCUT2D eigenvalue weighted by atomic mass is 16.3. The van der Waals surface area contributed by atoms with Crippen LogP contribution in [0.25, 0.3) is 0 Å². The molecule has 1 heterocycles. The molecule has 0 bridgehead atoms. The Bertz CT molecular complexity index is 147. The molecule has 0 radical (unpaired) electrons. The molecule has 3 heteroatoms. The summed E-state index contributed by atoms with van der Waals surface area (Å²) in [6, 6.07) is 0.0995. The highest BCUT2D eigenvalue weighted by Gasteiger charge is 2.26. The fourth-order valence-electron chi connectivity index (χ4n) is 1.56. The van der Waals surface area contributed by atoms with Gasteiger partial charge in [0.25, 0.3) is 0 Å². The van der Waals surface area contributed by atoms with Gasteiger partial charge in [-0.3, -0.25) is 4.79 Å². The molecule has 64 valence electrons. The summed E-state index contributed by atoms with van der Waals surface area (Å²) >= 11 is 0. The van der Waals surface area contributed by atoms with Crippen LogP contribution >= 0.6 is 0 Å². The lowest BCUT2D eigenvalue weighted by molar-refractivity contribution is -0.132. The van der Waals surface area contributed by atoms with Crippen molar-refractivity contribution in [3.8, 4) is 0 Å². The molecule has 1 aliphatic rings. The second-order valence-electron chi connectivity index (χ2n) is 2.92. The van der Waals surface area contributed by atoms with Crippen molar-refractivity contribution >= 4 is 5.91 Å². The average molecular weight is 157 g/mol. The fourth-order valence-corrected chi connectivity index (χ4v) is 1.56. The van der Waals surface area contributed by atoms with E-state index < -0.39 is 0 Å². The van der Waals surface area contributed by atoms with Crippen molar-refractivity contribution in [1.29, 1.82) is 0 Å². The maximum atomic E-state index is 11.2. The summed E-state index contributed by atoms with van der Waals surface area (Å²) in [5.74, 6) is 0.168. The summed E-state index contributed by atoms with van der Waals surface area (Å²) in [6.07, 6.45) is 2.55. The molecule has 0 spiro atoms. The number of amides is 1. The maximum Gasteiger partial charge on any atom is 0.222 e. The SMILES string of the molecule is CCC(=O)N1CCCC1CO. The highest BCUT2D eigenvalue weighted by molar-refractivity contribution is 5.76. The smallest absolute Gasteiger partial charge is 0.222 e. The predicted octanol–water partition coefficient (Wildman–Crippen LogP) is 0.380. The van der Waals surface area contributed by atoms with Gasteiger partial charge < -0.3 is 10.0 Å². The minimum Gasteiger partial charge on any atom is -0.394 e. The highest BCUT2D eigenvalue weighted by Crippen LogP contribution is 2.17. The summed E-state index contributed by atoms with van der Waals surface area (Å²) in [6.45, 7) is 2.80. The van der Waals surface area contributed by atoms with E-state index in [0.29, 0.717) is 6.42 Å². The fraction of sp³-hybridized carbons (Fsp3) is 0.875. The van der Waals surface area contributed by atoms with Crippen LogP contribution < -0.4 is 0 Å². The van der Waals surface area contributed by atoms with Crippen LogP contribution in [0.15, 0.2) is 0 Å². The average Bonchev–Trinajstić information content (AvgIpc) is 2.50. The topological polar surface area (TPSA) is 40.5 Å². The molecule has 1 N–H and O–H groups in total. The molecule has 1 atom stereocenters. The van der Waals surface area contributed by atoms with Crippen LogP contribution in [0.3, 0.4) is 0 Å². The summed E-state index contributed by atoms with van der Waals surface area (Å²) in [5, 5.41) is 8.89. The molecule has 1 rings (SSSR count). The molecular formula is C8H15NO2. The molecule has 0 aromatic rings.